The van der Waals surface area contributed by atoms with Crippen LogP contribution in [0.3, 0.4) is 0 Å². The van der Waals surface area contributed by atoms with Crippen LogP contribution < -0.4 is 0 Å². The van der Waals surface area contributed by atoms with Crippen LogP contribution in [0.4, 0.5) is 0 Å². The van der Waals surface area contributed by atoms with E-state index in [0.29, 0.717) is 12.0 Å². The Balaban J connectivity index is 1.40. The number of ether oxygens (including phenoxy) is 1. The van der Waals surface area contributed by atoms with Gasteiger partial charge in [-0.3, -0.25) is 14.7 Å². The number of nitrogens with zero attached hydrogens (tertiary/aromatic N) is 2. The molecule has 0 radical (unpaired) electrons. The van der Waals surface area contributed by atoms with Crippen LogP contribution in [0, 0.1) is 23.2 Å². The molecular weight excluding hydrogens is 360 g/mol. The van der Waals surface area contributed by atoms with Gasteiger partial charge in [0.25, 0.3) is 0 Å². The Morgan fingerprint density at radius 2 is 2.17 bits per heavy atom. The molecule has 4 nitrogen and oxygen atoms in total. The van der Waals surface area contributed by atoms with Crippen molar-refractivity contribution in [1.82, 2.24) is 9.88 Å². The molecule has 1 aromatic heterocycles. The summed E-state index contributed by atoms with van der Waals surface area (Å²) in [6.45, 7) is 6.65. The first-order valence-electron chi connectivity index (χ1n) is 11.6. The number of carbonyl (C=O) groups excluding carboxylic acids is 1. The molecule has 0 amide bonds. The summed E-state index contributed by atoms with van der Waals surface area (Å²) >= 11 is 0. The number of carbonyl (C=O) groups is 1. The third kappa shape index (κ3) is 3.43. The molecule has 0 spiro atoms. The minimum absolute atomic E-state index is 0.0246. The second-order valence-corrected chi connectivity index (χ2v) is 10.1. The summed E-state index contributed by atoms with van der Waals surface area (Å²) in [6.07, 6.45) is 14.8. The molecular formula is C25H34N2O2. The average molecular weight is 395 g/mol. The predicted molar refractivity (Wildman–Crippen MR) is 113 cm³/mol. The summed E-state index contributed by atoms with van der Waals surface area (Å²) in [5.74, 6) is 0.900. The number of hydrogen-bond acceptors (Lipinski definition) is 4. The van der Waals surface area contributed by atoms with Gasteiger partial charge in [-0.25, -0.2) is 0 Å². The number of rotatable bonds is 3. The number of piperidine rings is 1. The van der Waals surface area contributed by atoms with Gasteiger partial charge in [-0.1, -0.05) is 44.4 Å². The number of esters is 1. The first-order chi connectivity index (χ1) is 14.0. The Labute approximate surface area is 174 Å². The number of likely N-dealkylation sites (tertiary alicyclic amines) is 1. The SMILES string of the molecule is CC1CCCC2(C)CC3OC(=O)C(CN4CCCCC4c4cccnc4)C3C=C12. The van der Waals surface area contributed by atoms with Gasteiger partial charge in [-0.05, 0) is 61.6 Å². The lowest BCUT2D eigenvalue weighted by molar-refractivity contribution is -0.145. The lowest BCUT2D eigenvalue weighted by atomic mass is 9.59. The molecule has 3 heterocycles. The first kappa shape index (κ1) is 19.3. The monoisotopic (exact) mass is 394 g/mol. The van der Waals surface area contributed by atoms with Crippen molar-refractivity contribution in [3.63, 3.8) is 0 Å². The number of aromatic nitrogens is 1. The van der Waals surface area contributed by atoms with Crippen LogP contribution in [-0.4, -0.2) is 35.0 Å². The number of pyridine rings is 1. The molecule has 3 fully saturated rings. The van der Waals surface area contributed by atoms with Gasteiger partial charge >= 0.3 is 5.97 Å². The van der Waals surface area contributed by atoms with E-state index in [1.165, 1.54) is 37.7 Å². The minimum atomic E-state index is -0.0246. The van der Waals surface area contributed by atoms with Crippen molar-refractivity contribution in [2.75, 3.05) is 13.1 Å². The molecule has 6 unspecified atom stereocenters. The van der Waals surface area contributed by atoms with E-state index < -0.39 is 0 Å². The summed E-state index contributed by atoms with van der Waals surface area (Å²) in [4.78, 5) is 19.8. The highest BCUT2D eigenvalue weighted by molar-refractivity contribution is 5.76. The van der Waals surface area contributed by atoms with E-state index >= 15 is 0 Å². The van der Waals surface area contributed by atoms with Crippen molar-refractivity contribution in [3.8, 4) is 0 Å². The van der Waals surface area contributed by atoms with Crippen molar-refractivity contribution < 1.29 is 9.53 Å². The Morgan fingerprint density at radius 1 is 1.28 bits per heavy atom. The zero-order valence-corrected chi connectivity index (χ0v) is 17.8. The third-order valence-electron chi connectivity index (χ3n) is 8.20. The summed E-state index contributed by atoms with van der Waals surface area (Å²) in [7, 11) is 0. The van der Waals surface area contributed by atoms with Crippen LogP contribution in [0.15, 0.2) is 36.2 Å². The fourth-order valence-electron chi connectivity index (χ4n) is 6.67. The van der Waals surface area contributed by atoms with Crippen molar-refractivity contribution in [2.45, 2.75) is 70.9 Å². The van der Waals surface area contributed by atoms with E-state index in [0.717, 1.165) is 25.9 Å². The largest absolute Gasteiger partial charge is 0.461 e. The van der Waals surface area contributed by atoms with E-state index in [1.807, 2.05) is 18.5 Å². The van der Waals surface area contributed by atoms with E-state index in [2.05, 4.69) is 35.9 Å². The molecule has 2 saturated heterocycles. The topological polar surface area (TPSA) is 42.4 Å². The molecule has 5 rings (SSSR count). The Morgan fingerprint density at radius 3 is 3.00 bits per heavy atom. The lowest BCUT2D eigenvalue weighted by Gasteiger charge is -2.46. The maximum absolute atomic E-state index is 13.0. The number of hydrogen-bond donors (Lipinski definition) is 0. The normalized spacial score (nSPS) is 40.0. The molecule has 4 heteroatoms. The van der Waals surface area contributed by atoms with Crippen LogP contribution in [0.2, 0.25) is 0 Å². The fourth-order valence-corrected chi connectivity index (χ4v) is 6.67. The van der Waals surface area contributed by atoms with Gasteiger partial charge in [0.15, 0.2) is 0 Å². The van der Waals surface area contributed by atoms with Gasteiger partial charge in [-0.2, -0.15) is 0 Å². The molecule has 1 aromatic rings. The van der Waals surface area contributed by atoms with Crippen LogP contribution in [0.5, 0.6) is 0 Å². The lowest BCUT2D eigenvalue weighted by Crippen LogP contribution is -2.42. The van der Waals surface area contributed by atoms with E-state index in [1.54, 1.807) is 5.57 Å². The Bertz CT molecular complexity index is 791. The summed E-state index contributed by atoms with van der Waals surface area (Å²) < 4.78 is 5.99. The molecule has 2 aliphatic carbocycles. The fraction of sp³-hybridized carbons (Fsp3) is 0.680. The zero-order chi connectivity index (χ0) is 20.0. The van der Waals surface area contributed by atoms with Crippen molar-refractivity contribution in [1.29, 1.82) is 0 Å². The van der Waals surface area contributed by atoms with Crippen LogP contribution in [0.1, 0.15) is 70.4 Å². The molecule has 4 aliphatic rings. The average Bonchev–Trinajstić information content (AvgIpc) is 3.01. The number of fused-ring (bicyclic) bond motifs is 2. The minimum Gasteiger partial charge on any atom is -0.461 e. The Kier molecular flexibility index (Phi) is 5.01. The predicted octanol–water partition coefficient (Wildman–Crippen LogP) is 4.92. The summed E-state index contributed by atoms with van der Waals surface area (Å²) in [5.41, 5.74) is 3.12. The van der Waals surface area contributed by atoms with E-state index in [4.69, 9.17) is 4.74 Å². The van der Waals surface area contributed by atoms with Crippen LogP contribution >= 0.6 is 0 Å². The van der Waals surface area contributed by atoms with Gasteiger partial charge < -0.3 is 4.74 Å². The van der Waals surface area contributed by atoms with Crippen molar-refractivity contribution in [2.24, 2.45) is 23.2 Å². The number of allylic oxidation sites excluding steroid dienone is 1. The molecule has 156 valence electrons. The molecule has 2 aliphatic heterocycles. The standard InChI is InChI=1S/C25H34N2O2/c1-17-7-5-10-25(2)14-23-19(13-21(17)25)20(24(28)29-23)16-27-12-4-3-9-22(27)18-8-6-11-26-15-18/h6,8,11,13,15,17,19-20,22-23H,3-5,7,9-10,12,14,16H2,1-2H3. The molecule has 6 atom stereocenters. The highest BCUT2D eigenvalue weighted by Crippen LogP contribution is 2.54. The summed E-state index contributed by atoms with van der Waals surface area (Å²) in [5, 5.41) is 0. The summed E-state index contributed by atoms with van der Waals surface area (Å²) in [6, 6.07) is 4.59. The second kappa shape index (κ2) is 7.54. The van der Waals surface area contributed by atoms with Gasteiger partial charge in [0, 0.05) is 30.9 Å². The smallest absolute Gasteiger partial charge is 0.311 e. The van der Waals surface area contributed by atoms with Crippen molar-refractivity contribution in [3.05, 3.63) is 41.7 Å². The van der Waals surface area contributed by atoms with E-state index in [9.17, 15) is 4.79 Å². The first-order valence-corrected chi connectivity index (χ1v) is 11.6. The molecule has 0 aromatic carbocycles. The maximum Gasteiger partial charge on any atom is 0.311 e. The van der Waals surface area contributed by atoms with Crippen LogP contribution in [0.25, 0.3) is 0 Å². The molecule has 29 heavy (non-hydrogen) atoms. The van der Waals surface area contributed by atoms with Crippen LogP contribution in [-0.2, 0) is 9.53 Å². The quantitative estimate of drug-likeness (QED) is 0.539. The van der Waals surface area contributed by atoms with Gasteiger partial charge in [0.05, 0.1) is 5.92 Å². The zero-order valence-electron chi connectivity index (χ0n) is 17.8. The molecule has 0 bridgehead atoms. The van der Waals surface area contributed by atoms with E-state index in [-0.39, 0.29) is 29.3 Å². The van der Waals surface area contributed by atoms with Crippen molar-refractivity contribution >= 4 is 5.97 Å². The Hall–Kier alpha value is -1.68. The highest BCUT2D eigenvalue weighted by atomic mass is 16.6. The molecule has 1 saturated carbocycles. The van der Waals surface area contributed by atoms with Gasteiger partial charge in [0.2, 0.25) is 0 Å². The molecule has 0 N–H and O–H groups in total. The highest BCUT2D eigenvalue weighted by Gasteiger charge is 2.52. The second-order valence-electron chi connectivity index (χ2n) is 10.1. The maximum atomic E-state index is 13.0. The third-order valence-corrected chi connectivity index (χ3v) is 8.20. The van der Waals surface area contributed by atoms with Gasteiger partial charge in [-0.15, -0.1) is 0 Å². The van der Waals surface area contributed by atoms with Gasteiger partial charge in [0.1, 0.15) is 6.10 Å².